The van der Waals surface area contributed by atoms with Crippen LogP contribution in [0.15, 0.2) is 45.3 Å². The first kappa shape index (κ1) is 23.2. The Balaban J connectivity index is 1.69. The van der Waals surface area contributed by atoms with E-state index in [1.807, 2.05) is 0 Å². The fourth-order valence-corrected chi connectivity index (χ4v) is 4.50. The Bertz CT molecular complexity index is 1360. The average molecular weight is 502 g/mol. The van der Waals surface area contributed by atoms with Gasteiger partial charge in [0.15, 0.2) is 10.8 Å². The summed E-state index contributed by atoms with van der Waals surface area (Å²) in [7, 11) is 2.76. The van der Waals surface area contributed by atoms with Crippen LogP contribution in [0.1, 0.15) is 22.2 Å². The van der Waals surface area contributed by atoms with Crippen LogP contribution in [-0.4, -0.2) is 50.7 Å². The van der Waals surface area contributed by atoms with Crippen molar-refractivity contribution in [3.63, 3.8) is 0 Å². The maximum Gasteiger partial charge on any atom is 0.357 e. The van der Waals surface area contributed by atoms with Gasteiger partial charge in [0.1, 0.15) is 17.5 Å². The maximum atomic E-state index is 13.2. The molecule has 0 aliphatic heterocycles. The van der Waals surface area contributed by atoms with Crippen molar-refractivity contribution in [3.8, 4) is 22.9 Å². The second-order valence-corrected chi connectivity index (χ2v) is 8.52. The zero-order valence-electron chi connectivity index (χ0n) is 18.0. The van der Waals surface area contributed by atoms with E-state index in [1.165, 1.54) is 30.9 Å². The van der Waals surface area contributed by atoms with E-state index in [0.29, 0.717) is 17.0 Å². The van der Waals surface area contributed by atoms with Gasteiger partial charge in [-0.15, -0.1) is 22.7 Å². The molecule has 1 amide bonds. The van der Waals surface area contributed by atoms with Crippen LogP contribution in [0, 0.1) is 0 Å². The minimum Gasteiger partial charge on any atom is -0.497 e. The van der Waals surface area contributed by atoms with Crippen LogP contribution >= 0.6 is 22.7 Å². The molecule has 0 radical (unpaired) electrons. The number of benzene rings is 1. The predicted octanol–water partition coefficient (Wildman–Crippen LogP) is 2.68. The maximum absolute atomic E-state index is 13.2. The number of carbonyl (C=O) groups is 2. The Kier molecular flexibility index (Phi) is 6.75. The lowest BCUT2D eigenvalue weighted by molar-refractivity contribution is -0.119. The first-order chi connectivity index (χ1) is 16.4. The van der Waals surface area contributed by atoms with Crippen LogP contribution in [0.25, 0.3) is 11.3 Å². The fraction of sp³-hybridized carbons (Fsp3) is 0.190. The highest BCUT2D eigenvalue weighted by Gasteiger charge is 2.29. The number of H-pyrrole nitrogens is 1. The normalized spacial score (nSPS) is 11.7. The van der Waals surface area contributed by atoms with E-state index in [9.17, 15) is 19.5 Å². The number of ether oxygens (including phenoxy) is 2. The van der Waals surface area contributed by atoms with E-state index in [-0.39, 0.29) is 22.9 Å². The molecule has 0 aliphatic carbocycles. The topological polar surface area (TPSA) is 148 Å². The number of esters is 1. The number of anilines is 1. The minimum absolute atomic E-state index is 0.0396. The molecule has 0 bridgehead atoms. The molecular formula is C21H19N5O6S2. The fourth-order valence-electron chi connectivity index (χ4n) is 3.24. The number of methoxy groups -OCH3 is 2. The molecular weight excluding hydrogens is 482 g/mol. The first-order valence-corrected chi connectivity index (χ1v) is 11.6. The summed E-state index contributed by atoms with van der Waals surface area (Å²) in [4.78, 5) is 48.6. The molecule has 0 saturated heterocycles. The third-order valence-corrected chi connectivity index (χ3v) is 6.30. The van der Waals surface area contributed by atoms with Gasteiger partial charge in [0, 0.05) is 22.7 Å². The van der Waals surface area contributed by atoms with Gasteiger partial charge in [0.25, 0.3) is 0 Å². The summed E-state index contributed by atoms with van der Waals surface area (Å²) < 4.78 is 10.7. The minimum atomic E-state index is -1.15. The van der Waals surface area contributed by atoms with E-state index in [0.717, 1.165) is 15.9 Å². The summed E-state index contributed by atoms with van der Waals surface area (Å²) in [6.45, 7) is 0. The van der Waals surface area contributed by atoms with Gasteiger partial charge in [-0.25, -0.2) is 24.1 Å². The highest BCUT2D eigenvalue weighted by Crippen LogP contribution is 2.31. The molecule has 3 N–H and O–H groups in total. The Morgan fingerprint density at radius 2 is 2.00 bits per heavy atom. The van der Waals surface area contributed by atoms with Crippen LogP contribution in [0.3, 0.4) is 0 Å². The second kappa shape index (κ2) is 9.89. The highest BCUT2D eigenvalue weighted by molar-refractivity contribution is 7.14. The zero-order chi connectivity index (χ0) is 24.2. The van der Waals surface area contributed by atoms with Gasteiger partial charge in [-0.05, 0) is 24.3 Å². The van der Waals surface area contributed by atoms with Gasteiger partial charge < -0.3 is 24.9 Å². The predicted molar refractivity (Wildman–Crippen MR) is 126 cm³/mol. The third-order valence-electron chi connectivity index (χ3n) is 4.91. The van der Waals surface area contributed by atoms with E-state index in [4.69, 9.17) is 4.74 Å². The van der Waals surface area contributed by atoms with Gasteiger partial charge in [-0.3, -0.25) is 4.79 Å². The molecule has 0 fully saturated rings. The Hall–Kier alpha value is -3.97. The molecule has 3 aromatic heterocycles. The number of carbonyl (C=O) groups excluding carboxylic acids is 2. The largest absolute Gasteiger partial charge is 0.497 e. The smallest absolute Gasteiger partial charge is 0.357 e. The molecule has 4 rings (SSSR count). The van der Waals surface area contributed by atoms with Crippen molar-refractivity contribution in [2.45, 2.75) is 12.5 Å². The third kappa shape index (κ3) is 4.70. The molecule has 3 heterocycles. The van der Waals surface area contributed by atoms with E-state index >= 15 is 0 Å². The average Bonchev–Trinajstić information content (AvgIpc) is 3.59. The molecule has 0 aliphatic rings. The summed E-state index contributed by atoms with van der Waals surface area (Å²) in [5.41, 5.74) is 2.24. The monoisotopic (exact) mass is 501 g/mol. The van der Waals surface area contributed by atoms with E-state index < -0.39 is 29.5 Å². The number of nitrogens with zero attached hydrogens (tertiary/aromatic N) is 3. The number of amides is 1. The number of nitrogens with one attached hydrogen (secondary N) is 2. The van der Waals surface area contributed by atoms with Crippen LogP contribution in [0.4, 0.5) is 5.13 Å². The molecule has 1 aromatic carbocycles. The van der Waals surface area contributed by atoms with Crippen molar-refractivity contribution in [2.24, 2.45) is 0 Å². The van der Waals surface area contributed by atoms with Gasteiger partial charge in [-0.2, -0.15) is 0 Å². The van der Waals surface area contributed by atoms with Gasteiger partial charge >= 0.3 is 11.7 Å². The lowest BCUT2D eigenvalue weighted by atomic mass is 10.1. The van der Waals surface area contributed by atoms with Crippen molar-refractivity contribution < 1.29 is 24.2 Å². The SMILES string of the molecule is COC(=O)c1csc(NC(=O)[C@H](Cc2cscn2)n2c(O)c(-c3ccc(OC)cc3)[nH]c2=O)n1. The summed E-state index contributed by atoms with van der Waals surface area (Å²) in [6.07, 6.45) is 0.0396. The molecule has 4 aromatic rings. The number of aromatic nitrogens is 4. The molecule has 0 spiro atoms. The van der Waals surface area contributed by atoms with Crippen molar-refractivity contribution in [1.29, 1.82) is 0 Å². The van der Waals surface area contributed by atoms with Crippen LogP contribution in [0.2, 0.25) is 0 Å². The van der Waals surface area contributed by atoms with E-state index in [1.54, 1.807) is 35.2 Å². The quantitative estimate of drug-likeness (QED) is 0.312. The van der Waals surface area contributed by atoms with Crippen molar-refractivity contribution in [3.05, 3.63) is 62.4 Å². The number of hydrogen-bond acceptors (Lipinski definition) is 10. The Morgan fingerprint density at radius 3 is 2.65 bits per heavy atom. The second-order valence-electron chi connectivity index (χ2n) is 6.95. The highest BCUT2D eigenvalue weighted by atomic mass is 32.1. The number of thiazole rings is 2. The number of hydrogen-bond donors (Lipinski definition) is 3. The standard InChI is InChI=1S/C21H19N5O6S2/c1-31-13-5-3-11(4-6-13)16-18(28)26(21(30)24-16)15(7-12-8-33-10-22-12)17(27)25-20-23-14(9-34-20)19(29)32-2/h3-6,8-10,15,28H,7H2,1-2H3,(H,24,30)(H,23,25,27)/t15-/m0/s1. The Morgan fingerprint density at radius 1 is 1.24 bits per heavy atom. The van der Waals surface area contributed by atoms with Gasteiger partial charge in [0.2, 0.25) is 11.8 Å². The molecule has 0 saturated carbocycles. The number of aromatic amines is 1. The molecule has 34 heavy (non-hydrogen) atoms. The summed E-state index contributed by atoms with van der Waals surface area (Å²) in [5.74, 6) is -1.05. The van der Waals surface area contributed by atoms with Crippen molar-refractivity contribution in [2.75, 3.05) is 19.5 Å². The van der Waals surface area contributed by atoms with Crippen molar-refractivity contribution in [1.82, 2.24) is 19.5 Å². The number of imidazole rings is 1. The van der Waals surface area contributed by atoms with Crippen LogP contribution in [-0.2, 0) is 16.0 Å². The first-order valence-electron chi connectivity index (χ1n) is 9.81. The van der Waals surface area contributed by atoms with Crippen LogP contribution < -0.4 is 15.7 Å². The summed E-state index contributed by atoms with van der Waals surface area (Å²) in [6, 6.07) is 5.57. The molecule has 1 atom stereocenters. The molecule has 0 unspecified atom stereocenters. The van der Waals surface area contributed by atoms with E-state index in [2.05, 4.69) is 25.0 Å². The molecule has 11 nitrogen and oxygen atoms in total. The molecule has 176 valence electrons. The summed E-state index contributed by atoms with van der Waals surface area (Å²) in [5, 5.41) is 16.9. The summed E-state index contributed by atoms with van der Waals surface area (Å²) >= 11 is 2.37. The van der Waals surface area contributed by atoms with Crippen molar-refractivity contribution >= 4 is 39.7 Å². The molecule has 13 heteroatoms. The number of aromatic hydroxyl groups is 1. The lowest BCUT2D eigenvalue weighted by Crippen LogP contribution is -2.33. The number of rotatable bonds is 8. The zero-order valence-corrected chi connectivity index (χ0v) is 19.6. The lowest BCUT2D eigenvalue weighted by Gasteiger charge is -2.17. The van der Waals surface area contributed by atoms with Gasteiger partial charge in [0.05, 0.1) is 25.4 Å². The van der Waals surface area contributed by atoms with Crippen LogP contribution in [0.5, 0.6) is 11.6 Å². The Labute approximate surface area is 200 Å². The van der Waals surface area contributed by atoms with Gasteiger partial charge in [-0.1, -0.05) is 0 Å².